The molecule has 1 aliphatic rings. The van der Waals surface area contributed by atoms with Crippen LogP contribution in [0.5, 0.6) is 0 Å². The number of nitrogens with zero attached hydrogens (tertiary/aromatic N) is 1. The van der Waals surface area contributed by atoms with E-state index in [1.165, 1.54) is 5.56 Å². The number of rotatable bonds is 4. The third-order valence-electron chi connectivity index (χ3n) is 3.67. The van der Waals surface area contributed by atoms with Gasteiger partial charge < -0.3 is 10.5 Å². The van der Waals surface area contributed by atoms with Crippen molar-refractivity contribution in [3.05, 3.63) is 34.9 Å². The van der Waals surface area contributed by atoms with Gasteiger partial charge in [0.1, 0.15) is 0 Å². The standard InChI is InChI=1S/C14H21ClN2O.ClH/c1-18-14-5-6-17(13(8-14)9-16)10-11-3-2-4-12(15)7-11;/h2-4,7,13-14H,5-6,8-10,16H2,1H3;1H. The smallest absolute Gasteiger partial charge is 0.0599 e. The molecule has 0 radical (unpaired) electrons. The second-order valence-electron chi connectivity index (χ2n) is 4.87. The number of halogens is 2. The average molecular weight is 305 g/mol. The Morgan fingerprint density at radius 2 is 2.26 bits per heavy atom. The maximum absolute atomic E-state index is 6.02. The predicted molar refractivity (Wildman–Crippen MR) is 82.0 cm³/mol. The number of hydrogen-bond donors (Lipinski definition) is 1. The summed E-state index contributed by atoms with van der Waals surface area (Å²) in [5.41, 5.74) is 7.12. The third-order valence-corrected chi connectivity index (χ3v) is 3.90. The molecule has 2 N–H and O–H groups in total. The van der Waals surface area contributed by atoms with Gasteiger partial charge >= 0.3 is 0 Å². The van der Waals surface area contributed by atoms with Crippen molar-refractivity contribution in [3.63, 3.8) is 0 Å². The van der Waals surface area contributed by atoms with Crippen molar-refractivity contribution >= 4 is 24.0 Å². The number of nitrogens with two attached hydrogens (primary N) is 1. The van der Waals surface area contributed by atoms with Gasteiger partial charge in [0, 0.05) is 37.8 Å². The van der Waals surface area contributed by atoms with Gasteiger partial charge in [-0.05, 0) is 30.5 Å². The Labute approximate surface area is 126 Å². The summed E-state index contributed by atoms with van der Waals surface area (Å²) in [6.07, 6.45) is 2.45. The van der Waals surface area contributed by atoms with Crippen molar-refractivity contribution in [2.24, 2.45) is 5.73 Å². The molecule has 1 aliphatic heterocycles. The van der Waals surface area contributed by atoms with Crippen LogP contribution in [0.15, 0.2) is 24.3 Å². The Bertz CT molecular complexity index is 389. The molecule has 1 saturated heterocycles. The van der Waals surface area contributed by atoms with Crippen LogP contribution in [0.25, 0.3) is 0 Å². The van der Waals surface area contributed by atoms with Gasteiger partial charge in [-0.1, -0.05) is 23.7 Å². The minimum Gasteiger partial charge on any atom is -0.381 e. The van der Waals surface area contributed by atoms with E-state index < -0.39 is 0 Å². The van der Waals surface area contributed by atoms with Gasteiger partial charge in [-0.2, -0.15) is 0 Å². The van der Waals surface area contributed by atoms with Crippen LogP contribution >= 0.6 is 24.0 Å². The molecule has 0 aromatic heterocycles. The summed E-state index contributed by atoms with van der Waals surface area (Å²) in [6, 6.07) is 8.45. The molecule has 0 bridgehead atoms. The van der Waals surface area contributed by atoms with E-state index in [4.69, 9.17) is 22.1 Å². The van der Waals surface area contributed by atoms with Crippen molar-refractivity contribution in [2.45, 2.75) is 31.5 Å². The first-order valence-electron chi connectivity index (χ1n) is 6.44. The minimum absolute atomic E-state index is 0. The highest BCUT2D eigenvalue weighted by Crippen LogP contribution is 2.22. The predicted octanol–water partition coefficient (Wildman–Crippen LogP) is 2.70. The molecule has 108 valence electrons. The molecular formula is C14H22Cl2N2O. The number of hydrogen-bond acceptors (Lipinski definition) is 3. The maximum Gasteiger partial charge on any atom is 0.0599 e. The van der Waals surface area contributed by atoms with Gasteiger partial charge in [0.15, 0.2) is 0 Å². The first-order chi connectivity index (χ1) is 8.72. The Kier molecular flexibility index (Phi) is 7.11. The molecular weight excluding hydrogens is 283 g/mol. The van der Waals surface area contributed by atoms with E-state index >= 15 is 0 Å². The van der Waals surface area contributed by atoms with Gasteiger partial charge in [-0.25, -0.2) is 0 Å². The van der Waals surface area contributed by atoms with E-state index in [-0.39, 0.29) is 12.4 Å². The molecule has 0 amide bonds. The number of likely N-dealkylation sites (tertiary alicyclic amines) is 1. The lowest BCUT2D eigenvalue weighted by Crippen LogP contribution is -2.47. The lowest BCUT2D eigenvalue weighted by atomic mass is 9.98. The van der Waals surface area contributed by atoms with Crippen LogP contribution in [-0.2, 0) is 11.3 Å². The second-order valence-corrected chi connectivity index (χ2v) is 5.31. The van der Waals surface area contributed by atoms with Crippen molar-refractivity contribution in [1.82, 2.24) is 4.90 Å². The SMILES string of the molecule is COC1CCN(Cc2cccc(Cl)c2)C(CN)C1.Cl. The first-order valence-corrected chi connectivity index (χ1v) is 6.82. The van der Waals surface area contributed by atoms with E-state index in [0.717, 1.165) is 31.0 Å². The fourth-order valence-corrected chi connectivity index (χ4v) is 2.81. The maximum atomic E-state index is 6.02. The average Bonchev–Trinajstić information content (AvgIpc) is 2.39. The minimum atomic E-state index is 0. The monoisotopic (exact) mass is 304 g/mol. The molecule has 0 aliphatic carbocycles. The molecule has 19 heavy (non-hydrogen) atoms. The van der Waals surface area contributed by atoms with E-state index in [2.05, 4.69) is 11.0 Å². The zero-order chi connectivity index (χ0) is 13.0. The zero-order valence-corrected chi connectivity index (χ0v) is 12.8. The molecule has 2 rings (SSSR count). The van der Waals surface area contributed by atoms with Crippen LogP contribution in [0.3, 0.4) is 0 Å². The fraction of sp³-hybridized carbons (Fsp3) is 0.571. The van der Waals surface area contributed by atoms with Crippen LogP contribution in [0.1, 0.15) is 18.4 Å². The highest BCUT2D eigenvalue weighted by atomic mass is 35.5. The highest BCUT2D eigenvalue weighted by Gasteiger charge is 2.27. The highest BCUT2D eigenvalue weighted by molar-refractivity contribution is 6.30. The third kappa shape index (κ3) is 4.62. The van der Waals surface area contributed by atoms with Crippen LogP contribution in [0.4, 0.5) is 0 Å². The lowest BCUT2D eigenvalue weighted by Gasteiger charge is -2.38. The van der Waals surface area contributed by atoms with Gasteiger partial charge in [0.25, 0.3) is 0 Å². The molecule has 3 nitrogen and oxygen atoms in total. The lowest BCUT2D eigenvalue weighted by molar-refractivity contribution is 0.0102. The van der Waals surface area contributed by atoms with E-state index in [0.29, 0.717) is 18.7 Å². The van der Waals surface area contributed by atoms with E-state index in [1.807, 2.05) is 18.2 Å². The Morgan fingerprint density at radius 3 is 2.89 bits per heavy atom. The van der Waals surface area contributed by atoms with Gasteiger partial charge in [0.05, 0.1) is 6.10 Å². The van der Waals surface area contributed by atoms with E-state index in [1.54, 1.807) is 7.11 Å². The molecule has 0 saturated carbocycles. The van der Waals surface area contributed by atoms with Crippen LogP contribution in [0.2, 0.25) is 5.02 Å². The quantitative estimate of drug-likeness (QED) is 0.929. The number of benzene rings is 1. The van der Waals surface area contributed by atoms with Gasteiger partial charge in [-0.15, -0.1) is 12.4 Å². The van der Waals surface area contributed by atoms with Crippen molar-refractivity contribution in [2.75, 3.05) is 20.2 Å². The number of ether oxygens (including phenoxy) is 1. The molecule has 1 fully saturated rings. The fourth-order valence-electron chi connectivity index (χ4n) is 2.60. The second kappa shape index (κ2) is 8.08. The van der Waals surface area contributed by atoms with Crippen LogP contribution < -0.4 is 5.73 Å². The normalized spacial score (nSPS) is 23.9. The van der Waals surface area contributed by atoms with Crippen molar-refractivity contribution in [3.8, 4) is 0 Å². The van der Waals surface area contributed by atoms with Crippen molar-refractivity contribution in [1.29, 1.82) is 0 Å². The van der Waals surface area contributed by atoms with Crippen LogP contribution in [0, 0.1) is 0 Å². The summed E-state index contributed by atoms with van der Waals surface area (Å²) < 4.78 is 5.44. The number of methoxy groups -OCH3 is 1. The largest absolute Gasteiger partial charge is 0.381 e. The molecule has 0 spiro atoms. The van der Waals surface area contributed by atoms with E-state index in [9.17, 15) is 0 Å². The Morgan fingerprint density at radius 1 is 1.47 bits per heavy atom. The molecule has 1 heterocycles. The van der Waals surface area contributed by atoms with Gasteiger partial charge in [0.2, 0.25) is 0 Å². The summed E-state index contributed by atoms with van der Waals surface area (Å²) in [4.78, 5) is 2.43. The number of piperidine rings is 1. The summed E-state index contributed by atoms with van der Waals surface area (Å²) >= 11 is 6.02. The Balaban J connectivity index is 0.00000180. The molecule has 2 atom stereocenters. The summed E-state index contributed by atoms with van der Waals surface area (Å²) in [6.45, 7) is 2.63. The molecule has 5 heteroatoms. The van der Waals surface area contributed by atoms with Crippen molar-refractivity contribution < 1.29 is 4.74 Å². The topological polar surface area (TPSA) is 38.5 Å². The van der Waals surface area contributed by atoms with Gasteiger partial charge in [-0.3, -0.25) is 4.90 Å². The molecule has 1 aromatic carbocycles. The Hall–Kier alpha value is -0.320. The zero-order valence-electron chi connectivity index (χ0n) is 11.2. The van der Waals surface area contributed by atoms with Crippen LogP contribution in [-0.4, -0.2) is 37.2 Å². The molecule has 1 aromatic rings. The summed E-state index contributed by atoms with van der Waals surface area (Å²) in [5, 5.41) is 0.795. The summed E-state index contributed by atoms with van der Waals surface area (Å²) in [7, 11) is 1.78. The molecule has 2 unspecified atom stereocenters. The summed E-state index contributed by atoms with van der Waals surface area (Å²) in [5.74, 6) is 0. The first kappa shape index (κ1) is 16.7.